The zero-order chi connectivity index (χ0) is 24.8. The molecule has 36 heavy (non-hydrogen) atoms. The molecule has 0 radical (unpaired) electrons. The number of fused-ring (bicyclic) bond motifs is 1. The first-order valence-electron chi connectivity index (χ1n) is 11.2. The van der Waals surface area contributed by atoms with Crippen molar-refractivity contribution in [1.82, 2.24) is 9.55 Å². The Balaban J connectivity index is 0.00000361. The highest BCUT2D eigenvalue weighted by atomic mass is 35.5. The van der Waals surface area contributed by atoms with Gasteiger partial charge in [-0.1, -0.05) is 18.2 Å². The molecule has 3 aromatic carbocycles. The Morgan fingerprint density at radius 1 is 1.00 bits per heavy atom. The molecular weight excluding hydrogens is 500 g/mol. The highest BCUT2D eigenvalue weighted by Crippen LogP contribution is 2.28. The van der Waals surface area contributed by atoms with Crippen LogP contribution in [0.5, 0.6) is 17.2 Å². The molecule has 4 aromatic rings. The molecule has 0 saturated carbocycles. The Kier molecular flexibility index (Phi) is 9.50. The summed E-state index contributed by atoms with van der Waals surface area (Å²) in [5, 5.41) is 9.12. The van der Waals surface area contributed by atoms with Crippen LogP contribution in [0.15, 0.2) is 65.6 Å². The number of hydrogen-bond donors (Lipinski definition) is 1. The number of rotatable bonds is 11. The Morgan fingerprint density at radius 2 is 1.75 bits per heavy atom. The minimum Gasteiger partial charge on any atom is -0.497 e. The van der Waals surface area contributed by atoms with E-state index in [1.54, 1.807) is 18.9 Å². The fourth-order valence-corrected chi connectivity index (χ4v) is 4.12. The number of carboxylic acids is 1. The molecule has 0 aliphatic heterocycles. The second-order valence-corrected chi connectivity index (χ2v) is 8.91. The van der Waals surface area contributed by atoms with Crippen molar-refractivity contribution in [3.8, 4) is 17.2 Å². The maximum atomic E-state index is 11.1. The van der Waals surface area contributed by atoms with Crippen LogP contribution in [0.25, 0.3) is 11.0 Å². The number of halogens is 1. The summed E-state index contributed by atoms with van der Waals surface area (Å²) in [5.74, 6) is 1.95. The predicted octanol–water partition coefficient (Wildman–Crippen LogP) is 5.90. The smallest absolute Gasteiger partial charge is 0.303 e. The maximum absolute atomic E-state index is 11.1. The second kappa shape index (κ2) is 12.6. The van der Waals surface area contributed by atoms with Gasteiger partial charge in [0.2, 0.25) is 0 Å². The zero-order valence-corrected chi connectivity index (χ0v) is 22.0. The molecule has 0 unspecified atom stereocenters. The lowest BCUT2D eigenvalue weighted by Crippen LogP contribution is -2.05. The number of hydrogen-bond acceptors (Lipinski definition) is 6. The van der Waals surface area contributed by atoms with Crippen LogP contribution in [-0.2, 0) is 31.5 Å². The first-order chi connectivity index (χ1) is 17.0. The monoisotopic (exact) mass is 528 g/mol. The molecule has 0 fully saturated rings. The average Bonchev–Trinajstić information content (AvgIpc) is 3.20. The summed E-state index contributed by atoms with van der Waals surface area (Å²) in [5.41, 5.74) is 3.69. The lowest BCUT2D eigenvalue weighted by molar-refractivity contribution is -0.136. The SMILES string of the molecule is COc1ccc2nc(COc3ccc(CCC(=O)O)c(OCc4ccc(SC)cc4)c3)n(C)c2c1.Cl. The number of carboxylic acid groups (broad SMARTS) is 1. The number of carbonyl (C=O) groups is 1. The van der Waals surface area contributed by atoms with Crippen molar-refractivity contribution in [3.05, 3.63) is 77.6 Å². The van der Waals surface area contributed by atoms with E-state index >= 15 is 0 Å². The number of imidazole rings is 1. The van der Waals surface area contributed by atoms with Crippen molar-refractivity contribution in [2.24, 2.45) is 7.05 Å². The molecule has 9 heteroatoms. The average molecular weight is 529 g/mol. The molecule has 0 spiro atoms. The number of methoxy groups -OCH3 is 1. The molecule has 0 atom stereocenters. The Hall–Kier alpha value is -3.36. The van der Waals surface area contributed by atoms with Gasteiger partial charge in [-0.25, -0.2) is 4.98 Å². The van der Waals surface area contributed by atoms with E-state index in [9.17, 15) is 4.79 Å². The quantitative estimate of drug-likeness (QED) is 0.243. The van der Waals surface area contributed by atoms with Crippen molar-refractivity contribution in [3.63, 3.8) is 0 Å². The van der Waals surface area contributed by atoms with E-state index < -0.39 is 5.97 Å². The number of aromatic nitrogens is 2. The van der Waals surface area contributed by atoms with E-state index in [-0.39, 0.29) is 25.4 Å². The fraction of sp³-hybridized carbons (Fsp3) is 0.259. The number of benzene rings is 3. The van der Waals surface area contributed by atoms with Crippen molar-refractivity contribution in [1.29, 1.82) is 0 Å². The third-order valence-corrected chi connectivity index (χ3v) is 6.49. The van der Waals surface area contributed by atoms with Gasteiger partial charge in [-0.2, -0.15) is 0 Å². The van der Waals surface area contributed by atoms with Crippen LogP contribution in [-0.4, -0.2) is 34.0 Å². The van der Waals surface area contributed by atoms with Gasteiger partial charge in [-0.05, 0) is 54.1 Å². The molecule has 0 bridgehead atoms. The Morgan fingerprint density at radius 3 is 2.44 bits per heavy atom. The molecule has 1 heterocycles. The van der Waals surface area contributed by atoms with Crippen molar-refractivity contribution in [2.45, 2.75) is 31.0 Å². The van der Waals surface area contributed by atoms with E-state index in [0.29, 0.717) is 24.5 Å². The first-order valence-corrected chi connectivity index (χ1v) is 12.4. The molecule has 4 rings (SSSR count). The molecule has 0 amide bonds. The van der Waals surface area contributed by atoms with Crippen LogP contribution in [0.3, 0.4) is 0 Å². The van der Waals surface area contributed by atoms with Gasteiger partial charge in [0.05, 0.1) is 18.1 Å². The van der Waals surface area contributed by atoms with Crippen LogP contribution in [0.4, 0.5) is 0 Å². The Labute approximate surface area is 220 Å². The van der Waals surface area contributed by atoms with Gasteiger partial charge >= 0.3 is 5.97 Å². The number of thioether (sulfide) groups is 1. The van der Waals surface area contributed by atoms with E-state index in [1.807, 2.05) is 66.4 Å². The van der Waals surface area contributed by atoms with Gasteiger partial charge in [0.1, 0.15) is 36.3 Å². The lowest BCUT2D eigenvalue weighted by Gasteiger charge is -2.14. The van der Waals surface area contributed by atoms with Gasteiger partial charge in [-0.15, -0.1) is 24.2 Å². The van der Waals surface area contributed by atoms with Gasteiger partial charge in [0, 0.05) is 30.5 Å². The molecular formula is C27H29ClN2O5S. The van der Waals surface area contributed by atoms with E-state index in [2.05, 4.69) is 17.1 Å². The van der Waals surface area contributed by atoms with E-state index in [1.165, 1.54) is 4.90 Å². The molecule has 1 aromatic heterocycles. The summed E-state index contributed by atoms with van der Waals surface area (Å²) < 4.78 is 19.5. The van der Waals surface area contributed by atoms with E-state index in [0.717, 1.165) is 33.7 Å². The van der Waals surface area contributed by atoms with Crippen LogP contribution in [0.2, 0.25) is 0 Å². The first kappa shape index (κ1) is 27.2. The molecule has 190 valence electrons. The van der Waals surface area contributed by atoms with Crippen LogP contribution in [0.1, 0.15) is 23.4 Å². The highest BCUT2D eigenvalue weighted by molar-refractivity contribution is 7.98. The summed E-state index contributed by atoms with van der Waals surface area (Å²) in [7, 11) is 3.58. The van der Waals surface area contributed by atoms with Crippen LogP contribution < -0.4 is 14.2 Å². The molecule has 0 aliphatic carbocycles. The van der Waals surface area contributed by atoms with Gasteiger partial charge in [0.25, 0.3) is 0 Å². The fourth-order valence-electron chi connectivity index (χ4n) is 3.71. The molecule has 7 nitrogen and oxygen atoms in total. The standard InChI is InChI=1S/C27H28N2O5S.ClH/c1-29-24-14-20(32-2)9-12-23(24)28-26(29)17-33-21-8-6-19(7-13-27(30)31)25(15-21)34-16-18-4-10-22(35-3)11-5-18;/h4-6,8-12,14-15H,7,13,16-17H2,1-3H3,(H,30,31);1H. The topological polar surface area (TPSA) is 82.8 Å². The van der Waals surface area contributed by atoms with Gasteiger partial charge < -0.3 is 23.9 Å². The van der Waals surface area contributed by atoms with Crippen LogP contribution in [0, 0.1) is 0 Å². The van der Waals surface area contributed by atoms with Gasteiger partial charge in [-0.3, -0.25) is 4.79 Å². The number of nitrogens with zero attached hydrogens (tertiary/aromatic N) is 2. The summed E-state index contributed by atoms with van der Waals surface area (Å²) in [4.78, 5) is 17.0. The van der Waals surface area contributed by atoms with Crippen molar-refractivity contribution >= 4 is 41.2 Å². The zero-order valence-electron chi connectivity index (χ0n) is 20.4. The summed E-state index contributed by atoms with van der Waals surface area (Å²) >= 11 is 1.69. The molecule has 0 saturated heterocycles. The number of aliphatic carboxylic acids is 1. The minimum atomic E-state index is -0.845. The third-order valence-electron chi connectivity index (χ3n) is 5.75. The van der Waals surface area contributed by atoms with Gasteiger partial charge in [0.15, 0.2) is 0 Å². The number of ether oxygens (including phenoxy) is 3. The predicted molar refractivity (Wildman–Crippen MR) is 144 cm³/mol. The van der Waals surface area contributed by atoms with Crippen LogP contribution >= 0.6 is 24.2 Å². The summed E-state index contributed by atoms with van der Waals surface area (Å²) in [6.07, 6.45) is 2.45. The highest BCUT2D eigenvalue weighted by Gasteiger charge is 2.12. The van der Waals surface area contributed by atoms with Crippen molar-refractivity contribution in [2.75, 3.05) is 13.4 Å². The van der Waals surface area contributed by atoms with E-state index in [4.69, 9.17) is 19.3 Å². The largest absolute Gasteiger partial charge is 0.497 e. The third kappa shape index (κ3) is 6.65. The summed E-state index contributed by atoms with van der Waals surface area (Å²) in [6.45, 7) is 0.655. The van der Waals surface area contributed by atoms with Crippen molar-refractivity contribution < 1.29 is 24.1 Å². The minimum absolute atomic E-state index is 0. The molecule has 1 N–H and O–H groups in total. The second-order valence-electron chi connectivity index (χ2n) is 8.03. The molecule has 0 aliphatic rings. The number of aryl methyl sites for hydroxylation is 2. The maximum Gasteiger partial charge on any atom is 0.303 e. The Bertz CT molecular complexity index is 1320. The summed E-state index contributed by atoms with van der Waals surface area (Å²) in [6, 6.07) is 19.4. The lowest BCUT2D eigenvalue weighted by atomic mass is 10.1. The normalized spacial score (nSPS) is 10.6.